The molecule has 0 aliphatic heterocycles. The second-order valence-electron chi connectivity index (χ2n) is 3.85. The molecule has 0 heterocycles. The van der Waals surface area contributed by atoms with Gasteiger partial charge in [0.15, 0.2) is 0 Å². The van der Waals surface area contributed by atoms with E-state index in [0.29, 0.717) is 5.02 Å². The summed E-state index contributed by atoms with van der Waals surface area (Å²) < 4.78 is 0.970. The van der Waals surface area contributed by atoms with Crippen LogP contribution in [0.5, 0.6) is 0 Å². The van der Waals surface area contributed by atoms with Gasteiger partial charge >= 0.3 is 0 Å². The first-order valence-corrected chi connectivity index (χ1v) is 6.81. The number of halogens is 2. The molecule has 0 saturated carbocycles. The average molecular weight is 337 g/mol. The minimum Gasteiger partial charge on any atom is -0.323 e. The van der Waals surface area contributed by atoms with Crippen molar-refractivity contribution >= 4 is 45.2 Å². The number of hydrogen-bond acceptors (Lipinski definition) is 1. The Morgan fingerprint density at radius 3 is 2.47 bits per heavy atom. The summed E-state index contributed by atoms with van der Waals surface area (Å²) >= 11 is 9.34. The van der Waals surface area contributed by atoms with E-state index in [1.807, 2.05) is 42.5 Å². The highest BCUT2D eigenvalue weighted by Crippen LogP contribution is 2.17. The normalized spacial score (nSPS) is 10.6. The summed E-state index contributed by atoms with van der Waals surface area (Å²) in [5, 5.41) is 3.39. The molecule has 0 aromatic heterocycles. The smallest absolute Gasteiger partial charge is 0.248 e. The van der Waals surface area contributed by atoms with Crippen LogP contribution in [0, 0.1) is 0 Å². The van der Waals surface area contributed by atoms with Gasteiger partial charge in [0.1, 0.15) is 0 Å². The summed E-state index contributed by atoms with van der Waals surface area (Å²) in [6, 6.07) is 14.7. The van der Waals surface area contributed by atoms with Crippen molar-refractivity contribution in [1.82, 2.24) is 0 Å². The fraction of sp³-hybridized carbons (Fsp3) is 0. The lowest BCUT2D eigenvalue weighted by molar-refractivity contribution is -0.111. The molecule has 0 aliphatic rings. The number of nitrogens with one attached hydrogen (secondary N) is 1. The molecule has 0 aliphatic carbocycles. The van der Waals surface area contributed by atoms with Gasteiger partial charge in [-0.15, -0.1) is 0 Å². The Morgan fingerprint density at radius 1 is 1.11 bits per heavy atom. The summed E-state index contributed by atoms with van der Waals surface area (Å²) in [6.45, 7) is 0. The predicted octanol–water partition coefficient (Wildman–Crippen LogP) is 4.75. The number of amides is 1. The van der Waals surface area contributed by atoms with Crippen LogP contribution >= 0.6 is 27.5 Å². The van der Waals surface area contributed by atoms with Gasteiger partial charge in [-0.25, -0.2) is 0 Å². The molecule has 4 heteroatoms. The lowest BCUT2D eigenvalue weighted by Gasteiger charge is -2.02. The monoisotopic (exact) mass is 335 g/mol. The van der Waals surface area contributed by atoms with Crippen LogP contribution in [0.15, 0.2) is 59.1 Å². The molecule has 2 rings (SSSR count). The first-order chi connectivity index (χ1) is 9.15. The van der Waals surface area contributed by atoms with Crippen molar-refractivity contribution in [1.29, 1.82) is 0 Å². The van der Waals surface area contributed by atoms with Gasteiger partial charge in [-0.2, -0.15) is 0 Å². The molecule has 0 spiro atoms. The van der Waals surface area contributed by atoms with Gasteiger partial charge in [0.2, 0.25) is 5.91 Å². The van der Waals surface area contributed by atoms with Crippen LogP contribution < -0.4 is 5.32 Å². The van der Waals surface area contributed by atoms with E-state index in [9.17, 15) is 4.79 Å². The molecular weight excluding hydrogens is 326 g/mol. The zero-order valence-electron chi connectivity index (χ0n) is 9.94. The Hall–Kier alpha value is -1.58. The average Bonchev–Trinajstić information content (AvgIpc) is 2.40. The molecule has 0 radical (unpaired) electrons. The highest BCUT2D eigenvalue weighted by molar-refractivity contribution is 9.10. The summed E-state index contributed by atoms with van der Waals surface area (Å²) in [5.41, 5.74) is 1.56. The molecule has 1 amide bonds. The lowest BCUT2D eigenvalue weighted by atomic mass is 10.2. The fourth-order valence-corrected chi connectivity index (χ4v) is 1.96. The largest absolute Gasteiger partial charge is 0.323 e. The van der Waals surface area contributed by atoms with Crippen LogP contribution in [0.1, 0.15) is 5.56 Å². The number of rotatable bonds is 3. The third kappa shape index (κ3) is 4.23. The fourth-order valence-electron chi connectivity index (χ4n) is 1.49. The Kier molecular flexibility index (Phi) is 4.77. The van der Waals surface area contributed by atoms with Gasteiger partial charge in [0.05, 0.1) is 0 Å². The first kappa shape index (κ1) is 13.8. The topological polar surface area (TPSA) is 29.1 Å². The number of hydrogen-bond donors (Lipinski definition) is 1. The maximum atomic E-state index is 11.7. The quantitative estimate of drug-likeness (QED) is 0.805. The Morgan fingerprint density at radius 2 is 1.79 bits per heavy atom. The molecule has 0 fully saturated rings. The van der Waals surface area contributed by atoms with E-state index in [2.05, 4.69) is 21.2 Å². The minimum atomic E-state index is -0.192. The van der Waals surface area contributed by atoms with Gasteiger partial charge < -0.3 is 5.32 Å². The van der Waals surface area contributed by atoms with E-state index in [4.69, 9.17) is 11.6 Å². The maximum absolute atomic E-state index is 11.7. The van der Waals surface area contributed by atoms with Crippen molar-refractivity contribution in [2.24, 2.45) is 0 Å². The molecule has 0 saturated heterocycles. The summed E-state index contributed by atoms with van der Waals surface area (Å²) in [6.07, 6.45) is 3.15. The molecule has 19 heavy (non-hydrogen) atoms. The highest BCUT2D eigenvalue weighted by atomic mass is 79.9. The van der Waals surface area contributed by atoms with Crippen molar-refractivity contribution < 1.29 is 4.79 Å². The van der Waals surface area contributed by atoms with Crippen molar-refractivity contribution in [3.8, 4) is 0 Å². The Bertz CT molecular complexity index is 608. The molecule has 2 aromatic rings. The third-order valence-corrected chi connectivity index (χ3v) is 3.30. The summed E-state index contributed by atoms with van der Waals surface area (Å²) in [4.78, 5) is 11.7. The number of benzene rings is 2. The van der Waals surface area contributed by atoms with E-state index in [1.54, 1.807) is 12.1 Å². The second kappa shape index (κ2) is 6.55. The molecule has 0 atom stereocenters. The van der Waals surface area contributed by atoms with Crippen molar-refractivity contribution in [2.75, 3.05) is 5.32 Å². The van der Waals surface area contributed by atoms with Crippen LogP contribution in [-0.2, 0) is 4.79 Å². The van der Waals surface area contributed by atoms with Gasteiger partial charge in [-0.05, 0) is 42.0 Å². The lowest BCUT2D eigenvalue weighted by Crippen LogP contribution is -2.07. The number of anilines is 1. The van der Waals surface area contributed by atoms with Crippen LogP contribution in [0.25, 0.3) is 6.08 Å². The van der Waals surface area contributed by atoms with Crippen LogP contribution in [0.4, 0.5) is 5.69 Å². The molecule has 96 valence electrons. The van der Waals surface area contributed by atoms with Gasteiger partial charge in [0, 0.05) is 21.3 Å². The van der Waals surface area contributed by atoms with E-state index >= 15 is 0 Å². The molecule has 2 nitrogen and oxygen atoms in total. The van der Waals surface area contributed by atoms with Crippen molar-refractivity contribution in [3.63, 3.8) is 0 Å². The molecular formula is C15H11BrClNO. The SMILES string of the molecule is O=C(C=Cc1ccccc1Cl)Nc1ccc(Br)cc1. The third-order valence-electron chi connectivity index (χ3n) is 2.43. The first-order valence-electron chi connectivity index (χ1n) is 5.64. The molecule has 0 unspecified atom stereocenters. The van der Waals surface area contributed by atoms with E-state index < -0.39 is 0 Å². The molecule has 2 aromatic carbocycles. The van der Waals surface area contributed by atoms with Crippen LogP contribution in [0.2, 0.25) is 5.02 Å². The van der Waals surface area contributed by atoms with Crippen molar-refractivity contribution in [2.45, 2.75) is 0 Å². The maximum Gasteiger partial charge on any atom is 0.248 e. The number of carbonyl (C=O) groups is 1. The van der Waals surface area contributed by atoms with Gasteiger partial charge in [-0.1, -0.05) is 45.7 Å². The Labute approximate surface area is 125 Å². The van der Waals surface area contributed by atoms with E-state index in [1.165, 1.54) is 6.08 Å². The second-order valence-corrected chi connectivity index (χ2v) is 5.17. The van der Waals surface area contributed by atoms with Crippen LogP contribution in [-0.4, -0.2) is 5.91 Å². The summed E-state index contributed by atoms with van der Waals surface area (Å²) in [5.74, 6) is -0.192. The number of carbonyl (C=O) groups excluding carboxylic acids is 1. The minimum absolute atomic E-state index is 0.192. The molecule has 0 bridgehead atoms. The van der Waals surface area contributed by atoms with E-state index in [-0.39, 0.29) is 5.91 Å². The Balaban J connectivity index is 2.02. The molecule has 1 N–H and O–H groups in total. The zero-order valence-corrected chi connectivity index (χ0v) is 12.3. The van der Waals surface area contributed by atoms with Gasteiger partial charge in [0.25, 0.3) is 0 Å². The summed E-state index contributed by atoms with van der Waals surface area (Å²) in [7, 11) is 0. The van der Waals surface area contributed by atoms with Crippen molar-refractivity contribution in [3.05, 3.63) is 69.7 Å². The standard InChI is InChI=1S/C15H11BrClNO/c16-12-6-8-13(9-7-12)18-15(19)10-5-11-3-1-2-4-14(11)17/h1-10H,(H,18,19). The predicted molar refractivity (Wildman–Crippen MR) is 83.3 cm³/mol. The highest BCUT2D eigenvalue weighted by Gasteiger charge is 1.99. The van der Waals surface area contributed by atoms with E-state index in [0.717, 1.165) is 15.7 Å². The van der Waals surface area contributed by atoms with Gasteiger partial charge in [-0.3, -0.25) is 4.79 Å². The van der Waals surface area contributed by atoms with Crippen LogP contribution in [0.3, 0.4) is 0 Å². The zero-order chi connectivity index (χ0) is 13.7.